The molecule has 0 saturated carbocycles. The van der Waals surface area contributed by atoms with Gasteiger partial charge in [0.25, 0.3) is 0 Å². The lowest BCUT2D eigenvalue weighted by Gasteiger charge is -2.29. The first-order chi connectivity index (χ1) is 10.1. The van der Waals surface area contributed by atoms with E-state index in [-0.39, 0.29) is 5.31 Å². The van der Waals surface area contributed by atoms with Crippen molar-refractivity contribution in [3.05, 3.63) is 52.6 Å². The van der Waals surface area contributed by atoms with Gasteiger partial charge < -0.3 is 5.11 Å². The van der Waals surface area contributed by atoms with Gasteiger partial charge in [0.05, 0.1) is 5.60 Å². The van der Waals surface area contributed by atoms with Gasteiger partial charge in [0.15, 0.2) is 0 Å². The molecule has 1 nitrogen and oxygen atoms in total. The van der Waals surface area contributed by atoms with Crippen molar-refractivity contribution in [1.29, 1.82) is 0 Å². The van der Waals surface area contributed by atoms with Crippen LogP contribution in [0.1, 0.15) is 69.2 Å². The van der Waals surface area contributed by atoms with Crippen molar-refractivity contribution in [3.63, 3.8) is 0 Å². The lowest BCUT2D eigenvalue weighted by atomic mass is 9.65. The van der Waals surface area contributed by atoms with E-state index in [2.05, 4.69) is 59.0 Å². The molecule has 0 heterocycles. The van der Waals surface area contributed by atoms with Crippen molar-refractivity contribution in [2.45, 2.75) is 64.8 Å². The Morgan fingerprint density at radius 2 is 1.68 bits per heavy atom. The van der Waals surface area contributed by atoms with E-state index in [0.29, 0.717) is 0 Å². The van der Waals surface area contributed by atoms with Gasteiger partial charge in [-0.15, -0.1) is 0 Å². The van der Waals surface area contributed by atoms with Crippen LogP contribution in [0.15, 0.2) is 30.4 Å². The second kappa shape index (κ2) is 6.08. The van der Waals surface area contributed by atoms with Crippen LogP contribution in [0.3, 0.4) is 0 Å². The standard InChI is InChI=1S/C20H29BO/c1-14-17(19(2,3)21)12-16(13-18(14)20(4,5)22)15-10-8-6-7-9-11-15/h8,10-13,22H,6-7,9,21H2,1-5H3. The fourth-order valence-electron chi connectivity index (χ4n) is 3.28. The van der Waals surface area contributed by atoms with Gasteiger partial charge in [-0.3, -0.25) is 0 Å². The lowest BCUT2D eigenvalue weighted by Crippen LogP contribution is -2.24. The van der Waals surface area contributed by atoms with Crippen LogP contribution in [0.25, 0.3) is 5.57 Å². The number of hydrogen-bond donors (Lipinski definition) is 1. The normalized spacial score (nSPS) is 16.4. The maximum absolute atomic E-state index is 10.6. The number of allylic oxidation sites excluding steroid dienone is 4. The van der Waals surface area contributed by atoms with Gasteiger partial charge in [-0.2, -0.15) is 0 Å². The van der Waals surface area contributed by atoms with Crippen molar-refractivity contribution < 1.29 is 5.11 Å². The molecule has 0 aromatic heterocycles. The van der Waals surface area contributed by atoms with Gasteiger partial charge >= 0.3 is 0 Å². The maximum atomic E-state index is 10.6. The summed E-state index contributed by atoms with van der Waals surface area (Å²) in [6.07, 6.45) is 10.3. The van der Waals surface area contributed by atoms with Gasteiger partial charge in [-0.25, -0.2) is 0 Å². The summed E-state index contributed by atoms with van der Waals surface area (Å²) in [4.78, 5) is 0. The molecule has 0 atom stereocenters. The molecule has 0 unspecified atom stereocenters. The van der Waals surface area contributed by atoms with Crippen LogP contribution in [0.2, 0.25) is 0 Å². The quantitative estimate of drug-likeness (QED) is 0.828. The highest BCUT2D eigenvalue weighted by molar-refractivity contribution is 6.15. The van der Waals surface area contributed by atoms with Gasteiger partial charge in [-0.05, 0) is 79.2 Å². The molecule has 1 aliphatic rings. The molecule has 22 heavy (non-hydrogen) atoms. The van der Waals surface area contributed by atoms with Gasteiger partial charge in [0, 0.05) is 0 Å². The smallest absolute Gasteiger partial charge is 0.114 e. The van der Waals surface area contributed by atoms with Crippen molar-refractivity contribution in [1.82, 2.24) is 0 Å². The van der Waals surface area contributed by atoms with Gasteiger partial charge in [0.2, 0.25) is 0 Å². The average Bonchev–Trinajstić information content (AvgIpc) is 2.65. The molecular weight excluding hydrogens is 267 g/mol. The molecule has 0 spiro atoms. The summed E-state index contributed by atoms with van der Waals surface area (Å²) in [5.41, 5.74) is 5.25. The topological polar surface area (TPSA) is 20.2 Å². The van der Waals surface area contributed by atoms with Crippen LogP contribution in [-0.2, 0) is 10.9 Å². The molecule has 1 aromatic rings. The molecule has 1 aromatic carbocycles. The van der Waals surface area contributed by atoms with E-state index in [1.54, 1.807) is 0 Å². The van der Waals surface area contributed by atoms with Crippen molar-refractivity contribution in [2.75, 3.05) is 0 Å². The predicted octanol–water partition coefficient (Wildman–Crippen LogP) is 4.21. The molecule has 0 fully saturated rings. The largest absolute Gasteiger partial charge is 0.386 e. The predicted molar refractivity (Wildman–Crippen MR) is 99.0 cm³/mol. The molecule has 118 valence electrons. The van der Waals surface area contributed by atoms with Gasteiger partial charge in [0.1, 0.15) is 7.85 Å². The van der Waals surface area contributed by atoms with Crippen LogP contribution < -0.4 is 0 Å². The van der Waals surface area contributed by atoms with Crippen LogP contribution in [0.4, 0.5) is 0 Å². The number of hydrogen-bond acceptors (Lipinski definition) is 1. The fourth-order valence-corrected chi connectivity index (χ4v) is 3.28. The second-order valence-corrected chi connectivity index (χ2v) is 8.00. The molecule has 2 heteroatoms. The molecular formula is C20H29BO. The summed E-state index contributed by atoms with van der Waals surface area (Å²) >= 11 is 0. The monoisotopic (exact) mass is 296 g/mol. The summed E-state index contributed by atoms with van der Waals surface area (Å²) < 4.78 is 0. The third-order valence-corrected chi connectivity index (χ3v) is 4.44. The molecule has 0 saturated heterocycles. The Labute approximate surface area is 136 Å². The molecule has 0 aliphatic heterocycles. The van der Waals surface area contributed by atoms with Crippen LogP contribution in [0, 0.1) is 6.92 Å². The average molecular weight is 296 g/mol. The van der Waals surface area contributed by atoms with Crippen molar-refractivity contribution in [2.24, 2.45) is 0 Å². The lowest BCUT2D eigenvalue weighted by molar-refractivity contribution is 0.0777. The summed E-state index contributed by atoms with van der Waals surface area (Å²) in [7, 11) is 2.24. The van der Waals surface area contributed by atoms with E-state index in [9.17, 15) is 5.11 Å². The van der Waals surface area contributed by atoms with E-state index in [1.807, 2.05) is 13.8 Å². The zero-order valence-corrected chi connectivity index (χ0v) is 15.0. The first-order valence-corrected chi connectivity index (χ1v) is 8.36. The Balaban J connectivity index is 2.68. The summed E-state index contributed by atoms with van der Waals surface area (Å²) in [5.74, 6) is 0. The van der Waals surface area contributed by atoms with E-state index >= 15 is 0 Å². The first-order valence-electron chi connectivity index (χ1n) is 8.36. The molecule has 2 rings (SSSR count). The van der Waals surface area contributed by atoms with Gasteiger partial charge in [-0.1, -0.05) is 38.1 Å². The highest BCUT2D eigenvalue weighted by Gasteiger charge is 2.25. The minimum absolute atomic E-state index is 0.0646. The second-order valence-electron chi connectivity index (χ2n) is 8.00. The van der Waals surface area contributed by atoms with E-state index in [0.717, 1.165) is 18.4 Å². The SMILES string of the molecule is BC(C)(C)c1cc(C2=CCCCC=C2)cc(C(C)(C)O)c1C. The highest BCUT2D eigenvalue weighted by Crippen LogP contribution is 2.35. The van der Waals surface area contributed by atoms with Crippen LogP contribution in [0.5, 0.6) is 0 Å². The molecule has 1 N–H and O–H groups in total. The highest BCUT2D eigenvalue weighted by atomic mass is 16.3. The zero-order chi connectivity index (χ0) is 16.5. The molecule has 1 aliphatic carbocycles. The van der Waals surface area contributed by atoms with Crippen LogP contribution in [-0.4, -0.2) is 13.0 Å². The maximum Gasteiger partial charge on any atom is 0.114 e. The van der Waals surface area contributed by atoms with Crippen molar-refractivity contribution >= 4 is 13.4 Å². The van der Waals surface area contributed by atoms with E-state index in [4.69, 9.17) is 0 Å². The Kier molecular flexibility index (Phi) is 4.72. The fraction of sp³-hybridized carbons (Fsp3) is 0.500. The Morgan fingerprint density at radius 3 is 2.27 bits per heavy atom. The number of benzene rings is 1. The van der Waals surface area contributed by atoms with E-state index in [1.165, 1.54) is 28.7 Å². The third-order valence-electron chi connectivity index (χ3n) is 4.44. The zero-order valence-electron chi connectivity index (χ0n) is 15.0. The molecule has 0 amide bonds. The first kappa shape index (κ1) is 17.1. The minimum Gasteiger partial charge on any atom is -0.386 e. The molecule has 0 radical (unpaired) electrons. The van der Waals surface area contributed by atoms with E-state index < -0.39 is 5.60 Å². The Morgan fingerprint density at radius 1 is 1.05 bits per heavy atom. The minimum atomic E-state index is -0.824. The number of rotatable bonds is 3. The third kappa shape index (κ3) is 3.73. The summed E-state index contributed by atoms with van der Waals surface area (Å²) in [5, 5.41) is 10.7. The van der Waals surface area contributed by atoms with Crippen LogP contribution >= 0.6 is 0 Å². The number of aliphatic hydroxyl groups is 1. The van der Waals surface area contributed by atoms with Crippen molar-refractivity contribution in [3.8, 4) is 0 Å². The summed E-state index contributed by atoms with van der Waals surface area (Å²) in [6.45, 7) is 10.4. The molecule has 0 bridgehead atoms. The summed E-state index contributed by atoms with van der Waals surface area (Å²) in [6, 6.07) is 4.48. The Hall–Kier alpha value is -1.28. The Bertz CT molecular complexity index is 575.